The molecule has 1 unspecified atom stereocenters. The third-order valence-electron chi connectivity index (χ3n) is 3.13. The summed E-state index contributed by atoms with van der Waals surface area (Å²) >= 11 is 0. The molecule has 1 N–H and O–H groups in total. The van der Waals surface area contributed by atoms with Crippen molar-refractivity contribution >= 4 is 5.97 Å². The van der Waals surface area contributed by atoms with E-state index in [0.29, 0.717) is 12.6 Å². The predicted molar refractivity (Wildman–Crippen MR) is 64.4 cm³/mol. The summed E-state index contributed by atoms with van der Waals surface area (Å²) < 4.78 is 5.05. The number of rotatable bonds is 5. The Morgan fingerprint density at radius 1 is 1.44 bits per heavy atom. The first kappa shape index (κ1) is 13.5. The maximum atomic E-state index is 11.6. The summed E-state index contributed by atoms with van der Waals surface area (Å²) in [6, 6.07) is 0.332. The molecule has 1 rings (SSSR count). The molecular formula is C12H24N2O2. The number of hydrogen-bond acceptors (Lipinski definition) is 4. The fourth-order valence-corrected chi connectivity index (χ4v) is 2.06. The second-order valence-corrected chi connectivity index (χ2v) is 4.46. The molecule has 0 amide bonds. The SMILES string of the molecule is CCOC(=O)C(CC)NC1CCN(C)CC1. The molecule has 4 nitrogen and oxygen atoms in total. The van der Waals surface area contributed by atoms with Crippen LogP contribution < -0.4 is 5.32 Å². The molecule has 0 aromatic rings. The molecule has 0 aromatic carbocycles. The number of esters is 1. The van der Waals surface area contributed by atoms with Crippen LogP contribution in [0.3, 0.4) is 0 Å². The summed E-state index contributed by atoms with van der Waals surface area (Å²) in [6.45, 7) is 6.54. The zero-order chi connectivity index (χ0) is 12.0. The van der Waals surface area contributed by atoms with E-state index >= 15 is 0 Å². The van der Waals surface area contributed by atoms with Crippen molar-refractivity contribution in [3.8, 4) is 0 Å². The van der Waals surface area contributed by atoms with Gasteiger partial charge >= 0.3 is 5.97 Å². The van der Waals surface area contributed by atoms with Gasteiger partial charge in [-0.25, -0.2) is 0 Å². The Bertz CT molecular complexity index is 213. The second kappa shape index (κ2) is 6.86. The fraction of sp³-hybridized carbons (Fsp3) is 0.917. The first-order valence-electron chi connectivity index (χ1n) is 6.28. The van der Waals surface area contributed by atoms with Gasteiger partial charge in [-0.1, -0.05) is 6.92 Å². The Hall–Kier alpha value is -0.610. The van der Waals surface area contributed by atoms with Gasteiger partial charge < -0.3 is 15.0 Å². The maximum absolute atomic E-state index is 11.6. The van der Waals surface area contributed by atoms with Crippen molar-refractivity contribution < 1.29 is 9.53 Å². The number of nitrogens with one attached hydrogen (secondary N) is 1. The summed E-state index contributed by atoms with van der Waals surface area (Å²) in [7, 11) is 2.14. The predicted octanol–water partition coefficient (Wildman–Crippen LogP) is 1.01. The standard InChI is InChI=1S/C12H24N2O2/c1-4-11(12(15)16-5-2)13-10-6-8-14(3)9-7-10/h10-11,13H,4-9H2,1-3H3. The topological polar surface area (TPSA) is 41.6 Å². The molecule has 1 aliphatic heterocycles. The lowest BCUT2D eigenvalue weighted by Gasteiger charge is -2.31. The van der Waals surface area contributed by atoms with E-state index < -0.39 is 0 Å². The minimum absolute atomic E-state index is 0.107. The highest BCUT2D eigenvalue weighted by molar-refractivity contribution is 5.75. The summed E-state index contributed by atoms with van der Waals surface area (Å²) in [5.41, 5.74) is 0. The molecule has 94 valence electrons. The largest absolute Gasteiger partial charge is 0.465 e. The number of likely N-dealkylation sites (tertiary alicyclic amines) is 1. The molecule has 1 atom stereocenters. The molecule has 0 spiro atoms. The highest BCUT2D eigenvalue weighted by Gasteiger charge is 2.23. The Kier molecular flexibility index (Phi) is 5.77. The zero-order valence-electron chi connectivity index (χ0n) is 10.7. The third-order valence-corrected chi connectivity index (χ3v) is 3.13. The Morgan fingerprint density at radius 2 is 2.06 bits per heavy atom. The van der Waals surface area contributed by atoms with Crippen LogP contribution in [0.15, 0.2) is 0 Å². The molecule has 16 heavy (non-hydrogen) atoms. The van der Waals surface area contributed by atoms with Crippen LogP contribution in [0.25, 0.3) is 0 Å². The normalized spacial score (nSPS) is 20.7. The number of carbonyl (C=O) groups excluding carboxylic acids is 1. The molecular weight excluding hydrogens is 204 g/mol. The van der Waals surface area contributed by atoms with Gasteiger partial charge in [-0.3, -0.25) is 4.79 Å². The maximum Gasteiger partial charge on any atom is 0.323 e. The van der Waals surface area contributed by atoms with Crippen molar-refractivity contribution in [3.63, 3.8) is 0 Å². The van der Waals surface area contributed by atoms with Crippen LogP contribution in [0.2, 0.25) is 0 Å². The third kappa shape index (κ3) is 4.10. The Morgan fingerprint density at radius 3 is 2.56 bits per heavy atom. The average Bonchev–Trinajstić information content (AvgIpc) is 2.28. The van der Waals surface area contributed by atoms with Crippen LogP contribution in [-0.2, 0) is 9.53 Å². The van der Waals surface area contributed by atoms with Gasteiger partial charge in [-0.2, -0.15) is 0 Å². The van der Waals surface area contributed by atoms with Crippen molar-refractivity contribution in [3.05, 3.63) is 0 Å². The monoisotopic (exact) mass is 228 g/mol. The highest BCUT2D eigenvalue weighted by Crippen LogP contribution is 2.10. The van der Waals surface area contributed by atoms with Crippen molar-refractivity contribution in [2.75, 3.05) is 26.7 Å². The van der Waals surface area contributed by atoms with E-state index in [4.69, 9.17) is 4.74 Å². The number of ether oxygens (including phenoxy) is 1. The molecule has 0 aromatic heterocycles. The fourth-order valence-electron chi connectivity index (χ4n) is 2.06. The first-order chi connectivity index (χ1) is 7.67. The lowest BCUT2D eigenvalue weighted by atomic mass is 10.0. The van der Waals surface area contributed by atoms with Crippen LogP contribution in [0.5, 0.6) is 0 Å². The van der Waals surface area contributed by atoms with Gasteiger partial charge in [0.15, 0.2) is 0 Å². The van der Waals surface area contributed by atoms with Crippen molar-refractivity contribution in [2.24, 2.45) is 0 Å². The van der Waals surface area contributed by atoms with Gasteiger partial charge in [0.2, 0.25) is 0 Å². The molecule has 0 radical (unpaired) electrons. The van der Waals surface area contributed by atoms with Gasteiger partial charge in [0, 0.05) is 6.04 Å². The zero-order valence-corrected chi connectivity index (χ0v) is 10.7. The Labute approximate surface area is 98.3 Å². The molecule has 1 saturated heterocycles. The van der Waals surface area contributed by atoms with Crippen molar-refractivity contribution in [2.45, 2.75) is 45.2 Å². The van der Waals surface area contributed by atoms with Gasteiger partial charge in [-0.15, -0.1) is 0 Å². The molecule has 0 aliphatic carbocycles. The minimum Gasteiger partial charge on any atom is -0.465 e. The van der Waals surface area contributed by atoms with E-state index in [0.717, 1.165) is 32.4 Å². The first-order valence-corrected chi connectivity index (χ1v) is 6.28. The van der Waals surface area contributed by atoms with Crippen molar-refractivity contribution in [1.29, 1.82) is 0 Å². The average molecular weight is 228 g/mol. The van der Waals surface area contributed by atoms with E-state index in [1.165, 1.54) is 0 Å². The number of piperidine rings is 1. The van der Waals surface area contributed by atoms with Crippen LogP contribution in [0.4, 0.5) is 0 Å². The van der Waals surface area contributed by atoms with E-state index in [9.17, 15) is 4.79 Å². The summed E-state index contributed by atoms with van der Waals surface area (Å²) in [6.07, 6.45) is 3.03. The smallest absolute Gasteiger partial charge is 0.323 e. The van der Waals surface area contributed by atoms with Crippen LogP contribution >= 0.6 is 0 Å². The summed E-state index contributed by atoms with van der Waals surface area (Å²) in [5.74, 6) is -0.107. The van der Waals surface area contributed by atoms with E-state index in [1.54, 1.807) is 0 Å². The quantitative estimate of drug-likeness (QED) is 0.713. The van der Waals surface area contributed by atoms with Crippen LogP contribution in [-0.4, -0.2) is 49.7 Å². The molecule has 0 saturated carbocycles. The van der Waals surface area contributed by atoms with Crippen molar-refractivity contribution in [1.82, 2.24) is 10.2 Å². The summed E-state index contributed by atoms with van der Waals surface area (Å²) in [4.78, 5) is 13.9. The van der Waals surface area contributed by atoms with Crippen LogP contribution in [0, 0.1) is 0 Å². The Balaban J connectivity index is 2.35. The lowest BCUT2D eigenvalue weighted by Crippen LogP contribution is -2.48. The number of nitrogens with zero attached hydrogens (tertiary/aromatic N) is 1. The minimum atomic E-state index is -0.131. The van der Waals surface area contributed by atoms with Gasteiger partial charge in [0.25, 0.3) is 0 Å². The highest BCUT2D eigenvalue weighted by atomic mass is 16.5. The molecule has 4 heteroatoms. The number of carbonyl (C=O) groups is 1. The van der Waals surface area contributed by atoms with E-state index in [1.807, 2.05) is 13.8 Å². The molecule has 0 bridgehead atoms. The molecule has 1 fully saturated rings. The van der Waals surface area contributed by atoms with Gasteiger partial charge in [0.1, 0.15) is 6.04 Å². The number of hydrogen-bond donors (Lipinski definition) is 1. The molecule has 1 aliphatic rings. The van der Waals surface area contributed by atoms with E-state index in [2.05, 4.69) is 17.3 Å². The van der Waals surface area contributed by atoms with Gasteiger partial charge in [0.05, 0.1) is 6.61 Å². The second-order valence-electron chi connectivity index (χ2n) is 4.46. The lowest BCUT2D eigenvalue weighted by molar-refractivity contribution is -0.146. The molecule has 1 heterocycles. The summed E-state index contributed by atoms with van der Waals surface area (Å²) in [5, 5.41) is 3.41. The van der Waals surface area contributed by atoms with Gasteiger partial charge in [-0.05, 0) is 46.3 Å². The van der Waals surface area contributed by atoms with Crippen LogP contribution in [0.1, 0.15) is 33.1 Å². The van der Waals surface area contributed by atoms with E-state index in [-0.39, 0.29) is 12.0 Å².